The molecule has 1 heterocycles. The topological polar surface area (TPSA) is 32.3 Å². The van der Waals surface area contributed by atoms with Crippen LogP contribution in [0.2, 0.25) is 0 Å². The highest BCUT2D eigenvalue weighted by molar-refractivity contribution is 5.85. The molecule has 0 radical (unpaired) electrons. The Balaban J connectivity index is 0.00000288. The highest BCUT2D eigenvalue weighted by Crippen LogP contribution is 2.32. The second-order valence-electron chi connectivity index (χ2n) is 6.14. The molecule has 1 N–H and O–H groups in total. The predicted octanol–water partition coefficient (Wildman–Crippen LogP) is 3.87. The Hall–Kier alpha value is -1.27. The fourth-order valence-electron chi connectivity index (χ4n) is 2.97. The molecule has 0 aromatic heterocycles. The van der Waals surface area contributed by atoms with Gasteiger partial charge in [0.15, 0.2) is 0 Å². The van der Waals surface area contributed by atoms with Crippen LogP contribution in [0.4, 0.5) is 13.2 Å². The van der Waals surface area contributed by atoms with Gasteiger partial charge in [-0.2, -0.15) is 13.2 Å². The average Bonchev–Trinajstić information content (AvgIpc) is 2.53. The largest absolute Gasteiger partial charge is 0.416 e. The molecule has 0 atom stereocenters. The van der Waals surface area contributed by atoms with Gasteiger partial charge in [0.2, 0.25) is 5.91 Å². The SMILES string of the molecule is CN(Cc1ccccc1C(F)(F)F)C(=O)CCC1CCNCC1.Cl. The number of hydrogen-bond donors (Lipinski definition) is 1. The summed E-state index contributed by atoms with van der Waals surface area (Å²) in [5.41, 5.74) is -0.532. The third-order valence-corrected chi connectivity index (χ3v) is 4.38. The molecular formula is C17H24ClF3N2O. The maximum atomic E-state index is 13.0. The van der Waals surface area contributed by atoms with Crippen LogP contribution in [0.3, 0.4) is 0 Å². The molecule has 0 bridgehead atoms. The van der Waals surface area contributed by atoms with E-state index in [0.717, 1.165) is 38.4 Å². The Bertz CT molecular complexity index is 531. The van der Waals surface area contributed by atoms with E-state index in [1.54, 1.807) is 13.1 Å². The van der Waals surface area contributed by atoms with Crippen LogP contribution in [0.25, 0.3) is 0 Å². The smallest absolute Gasteiger partial charge is 0.341 e. The minimum Gasteiger partial charge on any atom is -0.341 e. The first-order chi connectivity index (χ1) is 10.9. The lowest BCUT2D eigenvalue weighted by Gasteiger charge is -2.24. The van der Waals surface area contributed by atoms with Crippen molar-refractivity contribution in [3.63, 3.8) is 0 Å². The molecule has 7 heteroatoms. The van der Waals surface area contributed by atoms with Gasteiger partial charge in [0, 0.05) is 20.0 Å². The zero-order valence-electron chi connectivity index (χ0n) is 13.7. The predicted molar refractivity (Wildman–Crippen MR) is 90.0 cm³/mol. The Morgan fingerprint density at radius 2 is 1.88 bits per heavy atom. The summed E-state index contributed by atoms with van der Waals surface area (Å²) in [5, 5.41) is 3.28. The molecule has 0 saturated carbocycles. The quantitative estimate of drug-likeness (QED) is 0.860. The number of piperidine rings is 1. The highest BCUT2D eigenvalue weighted by atomic mass is 35.5. The third-order valence-electron chi connectivity index (χ3n) is 4.38. The van der Waals surface area contributed by atoms with E-state index < -0.39 is 11.7 Å². The molecule has 136 valence electrons. The molecule has 3 nitrogen and oxygen atoms in total. The van der Waals surface area contributed by atoms with E-state index in [0.29, 0.717) is 12.3 Å². The van der Waals surface area contributed by atoms with Gasteiger partial charge in [-0.1, -0.05) is 18.2 Å². The van der Waals surface area contributed by atoms with Crippen LogP contribution in [-0.2, 0) is 17.5 Å². The molecule has 0 spiro atoms. The van der Waals surface area contributed by atoms with Gasteiger partial charge in [0.05, 0.1) is 5.56 Å². The molecule has 0 unspecified atom stereocenters. The van der Waals surface area contributed by atoms with Crippen molar-refractivity contribution in [2.75, 3.05) is 20.1 Å². The lowest BCUT2D eigenvalue weighted by atomic mass is 9.93. The molecule has 1 aromatic rings. The Labute approximate surface area is 147 Å². The molecule has 2 rings (SSSR count). The zero-order chi connectivity index (χ0) is 16.9. The fourth-order valence-corrected chi connectivity index (χ4v) is 2.97. The van der Waals surface area contributed by atoms with Gasteiger partial charge in [0.1, 0.15) is 0 Å². The molecule has 1 fully saturated rings. The van der Waals surface area contributed by atoms with Gasteiger partial charge in [0.25, 0.3) is 0 Å². The van der Waals surface area contributed by atoms with E-state index in [4.69, 9.17) is 0 Å². The molecule has 1 aromatic carbocycles. The van der Waals surface area contributed by atoms with Gasteiger partial charge in [-0.05, 0) is 49.9 Å². The number of halogens is 4. The van der Waals surface area contributed by atoms with Crippen molar-refractivity contribution in [2.45, 2.75) is 38.4 Å². The van der Waals surface area contributed by atoms with Crippen molar-refractivity contribution in [2.24, 2.45) is 5.92 Å². The molecule has 24 heavy (non-hydrogen) atoms. The van der Waals surface area contributed by atoms with Crippen molar-refractivity contribution in [1.29, 1.82) is 0 Å². The Morgan fingerprint density at radius 3 is 2.50 bits per heavy atom. The van der Waals surface area contributed by atoms with Crippen LogP contribution in [0.1, 0.15) is 36.8 Å². The normalized spacial score (nSPS) is 15.7. The van der Waals surface area contributed by atoms with Crippen molar-refractivity contribution in [1.82, 2.24) is 10.2 Å². The lowest BCUT2D eigenvalue weighted by Crippen LogP contribution is -2.30. The molecule has 1 aliphatic heterocycles. The number of nitrogens with one attached hydrogen (secondary N) is 1. The summed E-state index contributed by atoms with van der Waals surface area (Å²) in [6.07, 6.45) is -1.06. The summed E-state index contributed by atoms with van der Waals surface area (Å²) >= 11 is 0. The number of carbonyl (C=O) groups excluding carboxylic acids is 1. The number of benzene rings is 1. The molecule has 1 amide bonds. The zero-order valence-corrected chi connectivity index (χ0v) is 14.6. The monoisotopic (exact) mass is 364 g/mol. The highest BCUT2D eigenvalue weighted by Gasteiger charge is 2.33. The maximum Gasteiger partial charge on any atom is 0.416 e. The van der Waals surface area contributed by atoms with Crippen LogP contribution in [0.5, 0.6) is 0 Å². The van der Waals surface area contributed by atoms with Gasteiger partial charge in [-0.15, -0.1) is 12.4 Å². The van der Waals surface area contributed by atoms with E-state index in [1.165, 1.54) is 17.0 Å². The standard InChI is InChI=1S/C17H23F3N2O.ClH/c1-22(16(23)7-6-13-8-10-21-11-9-13)12-14-4-2-3-5-15(14)17(18,19)20;/h2-5,13,21H,6-12H2,1H3;1H. The number of nitrogens with zero attached hydrogens (tertiary/aromatic N) is 1. The molecule has 0 aliphatic carbocycles. The van der Waals surface area contributed by atoms with Crippen LogP contribution < -0.4 is 5.32 Å². The van der Waals surface area contributed by atoms with Crippen molar-refractivity contribution in [3.8, 4) is 0 Å². The Morgan fingerprint density at radius 1 is 1.25 bits per heavy atom. The second kappa shape index (κ2) is 9.28. The first kappa shape index (κ1) is 20.8. The molecule has 1 saturated heterocycles. The molecule has 1 aliphatic rings. The summed E-state index contributed by atoms with van der Waals surface area (Å²) in [4.78, 5) is 13.6. The van der Waals surface area contributed by atoms with Gasteiger partial charge < -0.3 is 10.2 Å². The van der Waals surface area contributed by atoms with E-state index >= 15 is 0 Å². The van der Waals surface area contributed by atoms with Gasteiger partial charge in [-0.25, -0.2) is 0 Å². The van der Waals surface area contributed by atoms with E-state index in [-0.39, 0.29) is 30.4 Å². The first-order valence-electron chi connectivity index (χ1n) is 7.97. The number of alkyl halides is 3. The second-order valence-corrected chi connectivity index (χ2v) is 6.14. The summed E-state index contributed by atoms with van der Waals surface area (Å²) < 4.78 is 38.9. The first-order valence-corrected chi connectivity index (χ1v) is 7.97. The summed E-state index contributed by atoms with van der Waals surface area (Å²) in [6, 6.07) is 5.42. The Kier molecular flexibility index (Phi) is 8.03. The van der Waals surface area contributed by atoms with Crippen LogP contribution in [0.15, 0.2) is 24.3 Å². The van der Waals surface area contributed by atoms with E-state index in [1.807, 2.05) is 0 Å². The number of amides is 1. The number of carbonyl (C=O) groups is 1. The van der Waals surface area contributed by atoms with E-state index in [2.05, 4.69) is 5.32 Å². The summed E-state index contributed by atoms with van der Waals surface area (Å²) in [5.74, 6) is 0.441. The van der Waals surface area contributed by atoms with Crippen molar-refractivity contribution < 1.29 is 18.0 Å². The summed E-state index contributed by atoms with van der Waals surface area (Å²) in [6.45, 7) is 1.95. The average molecular weight is 365 g/mol. The van der Waals surface area contributed by atoms with E-state index in [9.17, 15) is 18.0 Å². The van der Waals surface area contributed by atoms with Gasteiger partial charge in [-0.3, -0.25) is 4.79 Å². The van der Waals surface area contributed by atoms with Gasteiger partial charge >= 0.3 is 6.18 Å². The third kappa shape index (κ3) is 5.98. The fraction of sp³-hybridized carbons (Fsp3) is 0.588. The number of hydrogen-bond acceptors (Lipinski definition) is 2. The molecular weight excluding hydrogens is 341 g/mol. The lowest BCUT2D eigenvalue weighted by molar-refractivity contribution is -0.139. The van der Waals surface area contributed by atoms with Crippen molar-refractivity contribution >= 4 is 18.3 Å². The van der Waals surface area contributed by atoms with Crippen molar-refractivity contribution in [3.05, 3.63) is 35.4 Å². The van der Waals surface area contributed by atoms with Crippen LogP contribution in [0, 0.1) is 5.92 Å². The summed E-state index contributed by atoms with van der Waals surface area (Å²) in [7, 11) is 1.57. The minimum absolute atomic E-state index is 0. The minimum atomic E-state index is -4.39. The van der Waals surface area contributed by atoms with Crippen LogP contribution >= 0.6 is 12.4 Å². The van der Waals surface area contributed by atoms with Crippen LogP contribution in [-0.4, -0.2) is 30.9 Å². The maximum absolute atomic E-state index is 13.0. The number of rotatable bonds is 5.